The van der Waals surface area contributed by atoms with E-state index in [0.29, 0.717) is 23.2 Å². The molecule has 204 valence electrons. The van der Waals surface area contributed by atoms with E-state index >= 15 is 0 Å². The fraction of sp³-hybridized carbons (Fsp3) is 0.515. The van der Waals surface area contributed by atoms with Crippen molar-refractivity contribution in [2.75, 3.05) is 21.3 Å². The van der Waals surface area contributed by atoms with Gasteiger partial charge in [-0.2, -0.15) is 0 Å². The molecule has 0 spiro atoms. The molecule has 2 aromatic rings. The molecular formula is C33H42O5. The molecule has 38 heavy (non-hydrogen) atoms. The highest BCUT2D eigenvalue weighted by Gasteiger charge is 2.57. The van der Waals surface area contributed by atoms with Crippen LogP contribution in [-0.4, -0.2) is 32.0 Å². The second kappa shape index (κ2) is 10.00. The van der Waals surface area contributed by atoms with Crippen LogP contribution >= 0.6 is 0 Å². The number of hydrogen-bond acceptors (Lipinski definition) is 5. The lowest BCUT2D eigenvalue weighted by Crippen LogP contribution is -2.56. The molecule has 2 fully saturated rings. The highest BCUT2D eigenvalue weighted by Crippen LogP contribution is 2.65. The van der Waals surface area contributed by atoms with Crippen molar-refractivity contribution in [2.45, 2.75) is 64.4 Å². The Kier molecular flexibility index (Phi) is 7.02. The summed E-state index contributed by atoms with van der Waals surface area (Å²) in [6.07, 6.45) is 7.08. The van der Waals surface area contributed by atoms with Gasteiger partial charge in [-0.15, -0.1) is 0 Å². The Bertz CT molecular complexity index is 1230. The smallest absolute Gasteiger partial charge is 0.204 e. The van der Waals surface area contributed by atoms with Crippen LogP contribution < -0.4 is 18.9 Å². The number of ether oxygens (including phenoxy) is 4. The first-order valence-corrected chi connectivity index (χ1v) is 13.8. The number of hydrogen-bond donors (Lipinski definition) is 1. The zero-order valence-electron chi connectivity index (χ0n) is 23.7. The van der Waals surface area contributed by atoms with Crippen molar-refractivity contribution in [3.8, 4) is 23.0 Å². The van der Waals surface area contributed by atoms with E-state index in [1.807, 2.05) is 31.2 Å². The summed E-state index contributed by atoms with van der Waals surface area (Å²) in [5, 5.41) is 11.7. The molecule has 0 unspecified atom stereocenters. The minimum Gasteiger partial charge on any atom is -0.496 e. The van der Waals surface area contributed by atoms with Crippen LogP contribution in [-0.2, 0) is 0 Å². The molecule has 2 saturated carbocycles. The summed E-state index contributed by atoms with van der Waals surface area (Å²) in [4.78, 5) is 0. The Hall–Kier alpha value is -2.92. The fourth-order valence-corrected chi connectivity index (χ4v) is 7.73. The van der Waals surface area contributed by atoms with Crippen LogP contribution in [0.5, 0.6) is 23.0 Å². The number of rotatable bonds is 6. The van der Waals surface area contributed by atoms with Crippen LogP contribution in [0.1, 0.15) is 69.9 Å². The highest BCUT2D eigenvalue weighted by atomic mass is 16.5. The Morgan fingerprint density at radius 3 is 2.34 bits per heavy atom. The van der Waals surface area contributed by atoms with Gasteiger partial charge in [0.1, 0.15) is 11.5 Å². The highest BCUT2D eigenvalue weighted by molar-refractivity contribution is 5.73. The molecule has 0 aromatic heterocycles. The lowest BCUT2D eigenvalue weighted by Gasteiger charge is -2.59. The molecule has 1 N–H and O–H groups in total. The summed E-state index contributed by atoms with van der Waals surface area (Å²) in [7, 11) is 4.98. The third kappa shape index (κ3) is 4.29. The van der Waals surface area contributed by atoms with E-state index in [1.165, 1.54) is 5.57 Å². The first-order valence-electron chi connectivity index (χ1n) is 13.8. The van der Waals surface area contributed by atoms with Crippen molar-refractivity contribution in [3.63, 3.8) is 0 Å². The Morgan fingerprint density at radius 1 is 1.00 bits per heavy atom. The third-order valence-corrected chi connectivity index (χ3v) is 9.82. The molecule has 5 nitrogen and oxygen atoms in total. The largest absolute Gasteiger partial charge is 0.496 e. The summed E-state index contributed by atoms with van der Waals surface area (Å²) >= 11 is 0. The van der Waals surface area contributed by atoms with Crippen molar-refractivity contribution in [2.24, 2.45) is 23.2 Å². The van der Waals surface area contributed by atoms with E-state index in [9.17, 15) is 5.11 Å². The molecule has 2 aromatic carbocycles. The van der Waals surface area contributed by atoms with E-state index in [4.69, 9.17) is 18.9 Å². The van der Waals surface area contributed by atoms with Gasteiger partial charge in [-0.1, -0.05) is 49.4 Å². The number of fused-ring (bicyclic) bond motifs is 2. The van der Waals surface area contributed by atoms with Gasteiger partial charge in [0.15, 0.2) is 11.5 Å². The monoisotopic (exact) mass is 518 g/mol. The van der Waals surface area contributed by atoms with Gasteiger partial charge in [-0.25, -0.2) is 0 Å². The number of methoxy groups -OCH3 is 3. The van der Waals surface area contributed by atoms with Crippen LogP contribution in [0.25, 0.3) is 5.76 Å². The summed E-state index contributed by atoms with van der Waals surface area (Å²) in [6.45, 7) is 10.9. The lowest BCUT2D eigenvalue weighted by molar-refractivity contribution is -0.150. The standard InChI is InChI=1S/C33H42O5/c1-20(2)22-13-15-32(3)24(14-16-33(4,34)28(32)17-22)23-18-25(21-11-9-8-10-12-21)38-31-29(23)26(35-5)19-27(36-6)30(31)37-7/h8-12,18-19,22-24,28,34H,1,13-17H2,2-7H3/t22-,23-,24+,28-,32+,33-/m1/s1. The van der Waals surface area contributed by atoms with Gasteiger partial charge < -0.3 is 24.1 Å². The Morgan fingerprint density at radius 2 is 1.71 bits per heavy atom. The van der Waals surface area contributed by atoms with Crippen molar-refractivity contribution >= 4 is 5.76 Å². The molecule has 1 aliphatic heterocycles. The van der Waals surface area contributed by atoms with Gasteiger partial charge in [-0.3, -0.25) is 0 Å². The molecule has 0 amide bonds. The normalized spacial score (nSPS) is 32.2. The molecule has 5 rings (SSSR count). The van der Waals surface area contributed by atoms with E-state index in [-0.39, 0.29) is 23.2 Å². The van der Waals surface area contributed by atoms with Crippen molar-refractivity contribution in [1.82, 2.24) is 0 Å². The second-order valence-electron chi connectivity index (χ2n) is 12.0. The minimum absolute atomic E-state index is 0.0219. The van der Waals surface area contributed by atoms with Crippen LogP contribution in [0.15, 0.2) is 54.6 Å². The van der Waals surface area contributed by atoms with E-state index in [1.54, 1.807) is 21.3 Å². The summed E-state index contributed by atoms with van der Waals surface area (Å²) in [5.74, 6) is 4.29. The number of aliphatic hydroxyl groups is 1. The second-order valence-corrected chi connectivity index (χ2v) is 12.0. The molecule has 1 heterocycles. The third-order valence-electron chi connectivity index (χ3n) is 9.82. The fourth-order valence-electron chi connectivity index (χ4n) is 7.73. The minimum atomic E-state index is -0.707. The van der Waals surface area contributed by atoms with Crippen molar-refractivity contribution < 1.29 is 24.1 Å². The average Bonchev–Trinajstić information content (AvgIpc) is 2.91. The van der Waals surface area contributed by atoms with Crippen LogP contribution in [0.2, 0.25) is 0 Å². The lowest BCUT2D eigenvalue weighted by atomic mass is 9.47. The molecule has 0 saturated heterocycles. The molecule has 0 radical (unpaired) electrons. The zero-order valence-corrected chi connectivity index (χ0v) is 23.7. The van der Waals surface area contributed by atoms with Crippen LogP contribution in [0.3, 0.4) is 0 Å². The average molecular weight is 519 g/mol. The number of benzene rings is 2. The zero-order chi connectivity index (χ0) is 27.2. The molecule has 0 bridgehead atoms. The summed E-state index contributed by atoms with van der Waals surface area (Å²) in [5.41, 5.74) is 2.47. The summed E-state index contributed by atoms with van der Waals surface area (Å²) in [6, 6.07) is 12.1. The maximum absolute atomic E-state index is 11.7. The first-order chi connectivity index (χ1) is 18.1. The molecule has 3 aliphatic rings. The number of allylic oxidation sites excluding steroid dienone is 2. The maximum atomic E-state index is 11.7. The Labute approximate surface area is 227 Å². The molecular weight excluding hydrogens is 476 g/mol. The van der Waals surface area contributed by atoms with E-state index in [2.05, 4.69) is 38.6 Å². The Balaban J connectivity index is 1.70. The molecule has 2 aliphatic carbocycles. The SMILES string of the molecule is C=C(C)[C@@H]1CC[C@]2(C)[C@@H](C1)[C@](C)(O)CC[C@H]2[C@H]1C=C(c2ccccc2)Oc2c(OC)c(OC)cc(OC)c21. The van der Waals surface area contributed by atoms with Gasteiger partial charge >= 0.3 is 0 Å². The maximum Gasteiger partial charge on any atom is 0.204 e. The van der Waals surface area contributed by atoms with Crippen LogP contribution in [0.4, 0.5) is 0 Å². The van der Waals surface area contributed by atoms with Gasteiger partial charge in [0.2, 0.25) is 5.75 Å². The topological polar surface area (TPSA) is 57.2 Å². The predicted molar refractivity (Wildman–Crippen MR) is 151 cm³/mol. The predicted octanol–water partition coefficient (Wildman–Crippen LogP) is 7.39. The van der Waals surface area contributed by atoms with Gasteiger partial charge in [0, 0.05) is 23.1 Å². The quantitative estimate of drug-likeness (QED) is 0.404. The van der Waals surface area contributed by atoms with E-state index in [0.717, 1.165) is 54.7 Å². The molecule has 5 heteroatoms. The van der Waals surface area contributed by atoms with Gasteiger partial charge in [-0.05, 0) is 75.2 Å². The van der Waals surface area contributed by atoms with Gasteiger partial charge in [0.25, 0.3) is 0 Å². The van der Waals surface area contributed by atoms with E-state index < -0.39 is 5.60 Å². The summed E-state index contributed by atoms with van der Waals surface area (Å²) < 4.78 is 24.2. The van der Waals surface area contributed by atoms with Gasteiger partial charge in [0.05, 0.1) is 26.9 Å². The van der Waals surface area contributed by atoms with Crippen molar-refractivity contribution in [1.29, 1.82) is 0 Å². The van der Waals surface area contributed by atoms with Crippen molar-refractivity contribution in [3.05, 3.63) is 65.8 Å². The first kappa shape index (κ1) is 26.7. The molecule has 6 atom stereocenters. The van der Waals surface area contributed by atoms with Crippen LogP contribution in [0, 0.1) is 23.2 Å².